The number of hydrogen-bond donors (Lipinski definition) is 1. The molecule has 1 atom stereocenters. The lowest BCUT2D eigenvalue weighted by atomic mass is 10.1. The van der Waals surface area contributed by atoms with Gasteiger partial charge in [-0.3, -0.25) is 4.99 Å². The second-order valence-electron chi connectivity index (χ2n) is 2.52. The van der Waals surface area contributed by atoms with Gasteiger partial charge in [-0.2, -0.15) is 0 Å². The van der Waals surface area contributed by atoms with E-state index in [0.29, 0.717) is 0 Å². The van der Waals surface area contributed by atoms with E-state index in [9.17, 15) is 0 Å². The van der Waals surface area contributed by atoms with Crippen LogP contribution in [0.15, 0.2) is 4.99 Å². The van der Waals surface area contributed by atoms with Gasteiger partial charge in [0.2, 0.25) is 0 Å². The molecule has 1 saturated heterocycles. The predicted octanol–water partition coefficient (Wildman–Crippen LogP) is 0.193. The number of fused-ring (bicyclic) bond motifs is 2. The third kappa shape index (κ3) is 0.564. The van der Waals surface area contributed by atoms with Gasteiger partial charge in [0.25, 0.3) is 0 Å². The van der Waals surface area contributed by atoms with E-state index in [4.69, 9.17) is 0 Å². The van der Waals surface area contributed by atoms with Crippen LogP contribution in [0.1, 0.15) is 12.8 Å². The summed E-state index contributed by atoms with van der Waals surface area (Å²) in [5.41, 5.74) is 1.39. The molecule has 1 N–H and O–H groups in total. The highest BCUT2D eigenvalue weighted by molar-refractivity contribution is 5.89. The van der Waals surface area contributed by atoms with Crippen LogP contribution in [0.4, 0.5) is 0 Å². The lowest BCUT2D eigenvalue weighted by molar-refractivity contribution is 0.566. The van der Waals surface area contributed by atoms with Gasteiger partial charge in [-0.25, -0.2) is 0 Å². The van der Waals surface area contributed by atoms with E-state index in [2.05, 4.69) is 10.3 Å². The third-order valence-corrected chi connectivity index (χ3v) is 1.89. The Morgan fingerprint density at radius 1 is 1.62 bits per heavy atom. The summed E-state index contributed by atoms with van der Waals surface area (Å²) in [4.78, 5) is 4.34. The number of rotatable bonds is 0. The Labute approximate surface area is 49.0 Å². The maximum atomic E-state index is 4.34. The van der Waals surface area contributed by atoms with Crippen molar-refractivity contribution in [1.29, 1.82) is 0 Å². The Hall–Kier alpha value is -0.370. The lowest BCUT2D eigenvalue weighted by Crippen LogP contribution is -2.21. The van der Waals surface area contributed by atoms with E-state index in [1.54, 1.807) is 0 Å². The first-order valence-electron chi connectivity index (χ1n) is 3.21. The third-order valence-electron chi connectivity index (χ3n) is 1.89. The molecule has 2 heteroatoms. The van der Waals surface area contributed by atoms with Gasteiger partial charge in [-0.15, -0.1) is 0 Å². The summed E-state index contributed by atoms with van der Waals surface area (Å²) in [6.07, 6.45) is 2.48. The van der Waals surface area contributed by atoms with Crippen molar-refractivity contribution in [2.75, 3.05) is 13.1 Å². The lowest BCUT2D eigenvalue weighted by Gasteiger charge is -2.08. The molecule has 0 amide bonds. The highest BCUT2D eigenvalue weighted by Crippen LogP contribution is 2.12. The van der Waals surface area contributed by atoms with Crippen molar-refractivity contribution in [3.63, 3.8) is 0 Å². The van der Waals surface area contributed by atoms with E-state index in [1.807, 2.05) is 0 Å². The quantitative estimate of drug-likeness (QED) is 0.473. The van der Waals surface area contributed by atoms with Crippen molar-refractivity contribution in [2.45, 2.75) is 18.9 Å². The second-order valence-corrected chi connectivity index (χ2v) is 2.52. The van der Waals surface area contributed by atoms with Crippen LogP contribution in [0.3, 0.4) is 0 Å². The van der Waals surface area contributed by atoms with Crippen LogP contribution in [0.5, 0.6) is 0 Å². The molecule has 0 aromatic carbocycles. The van der Waals surface area contributed by atoms with Crippen molar-refractivity contribution >= 4 is 5.71 Å². The molecule has 0 saturated carbocycles. The zero-order valence-corrected chi connectivity index (χ0v) is 4.85. The molecule has 2 heterocycles. The van der Waals surface area contributed by atoms with E-state index < -0.39 is 0 Å². The van der Waals surface area contributed by atoms with Crippen LogP contribution in [0.2, 0.25) is 0 Å². The molecule has 1 unspecified atom stereocenters. The molecule has 44 valence electrons. The summed E-state index contributed by atoms with van der Waals surface area (Å²) in [6.45, 7) is 2.12. The highest BCUT2D eigenvalue weighted by Gasteiger charge is 2.21. The zero-order valence-electron chi connectivity index (χ0n) is 4.85. The monoisotopic (exact) mass is 110 g/mol. The molecule has 2 aliphatic rings. The number of nitrogens with one attached hydrogen (secondary N) is 1. The summed E-state index contributed by atoms with van der Waals surface area (Å²) in [6, 6.07) is 0.780. The fraction of sp³-hybridized carbons (Fsp3) is 0.833. The number of nitrogens with zero attached hydrogens (tertiary/aromatic N) is 1. The minimum absolute atomic E-state index is 0.780. The number of hydrogen-bond acceptors (Lipinski definition) is 2. The Morgan fingerprint density at radius 2 is 2.62 bits per heavy atom. The van der Waals surface area contributed by atoms with Crippen molar-refractivity contribution in [1.82, 2.24) is 5.32 Å². The van der Waals surface area contributed by atoms with Crippen LogP contribution in [-0.2, 0) is 0 Å². The SMILES string of the molecule is C1CC2CC(=N1)CN2. The first kappa shape index (κ1) is 4.50. The Kier molecular flexibility index (Phi) is 0.875. The maximum Gasteiger partial charge on any atom is 0.0404 e. The molecule has 0 radical (unpaired) electrons. The van der Waals surface area contributed by atoms with Gasteiger partial charge in [0.1, 0.15) is 0 Å². The van der Waals surface area contributed by atoms with Gasteiger partial charge in [-0.05, 0) is 6.42 Å². The van der Waals surface area contributed by atoms with Crippen LogP contribution in [0.25, 0.3) is 0 Å². The molecule has 2 bridgehead atoms. The minimum atomic E-state index is 0.780. The van der Waals surface area contributed by atoms with Crippen molar-refractivity contribution in [3.05, 3.63) is 0 Å². The summed E-state index contributed by atoms with van der Waals surface area (Å²) in [5.74, 6) is 0. The average Bonchev–Trinajstić information content (AvgIpc) is 2.12. The molecule has 2 nitrogen and oxygen atoms in total. The van der Waals surface area contributed by atoms with Gasteiger partial charge in [-0.1, -0.05) is 0 Å². The van der Waals surface area contributed by atoms with E-state index in [-0.39, 0.29) is 0 Å². The molecule has 0 aliphatic carbocycles. The van der Waals surface area contributed by atoms with Gasteiger partial charge in [0, 0.05) is 31.3 Å². The first-order valence-corrected chi connectivity index (χ1v) is 3.21. The fourth-order valence-corrected chi connectivity index (χ4v) is 1.39. The molecule has 0 aromatic heterocycles. The Balaban J connectivity index is 2.22. The van der Waals surface area contributed by atoms with Crippen molar-refractivity contribution in [3.8, 4) is 0 Å². The van der Waals surface area contributed by atoms with E-state index in [1.165, 1.54) is 18.6 Å². The molecular formula is C6H10N2. The van der Waals surface area contributed by atoms with Gasteiger partial charge in [0.15, 0.2) is 0 Å². The molecule has 2 rings (SSSR count). The topological polar surface area (TPSA) is 24.4 Å². The van der Waals surface area contributed by atoms with Crippen LogP contribution >= 0.6 is 0 Å². The molecule has 1 fully saturated rings. The largest absolute Gasteiger partial charge is 0.308 e. The second kappa shape index (κ2) is 1.55. The Bertz CT molecular complexity index is 126. The van der Waals surface area contributed by atoms with Crippen molar-refractivity contribution in [2.24, 2.45) is 4.99 Å². The van der Waals surface area contributed by atoms with Crippen LogP contribution < -0.4 is 5.32 Å². The maximum absolute atomic E-state index is 4.34. The smallest absolute Gasteiger partial charge is 0.0404 e. The van der Waals surface area contributed by atoms with Gasteiger partial charge >= 0.3 is 0 Å². The standard InChI is InChI=1S/C6H10N2/c1-2-7-6-3-5(1)8-4-6/h5,8H,1-4H2. The first-order chi connectivity index (χ1) is 3.95. The number of aliphatic imine (C=N–C) groups is 1. The Morgan fingerprint density at radius 3 is 3.38 bits per heavy atom. The molecular weight excluding hydrogens is 100 g/mol. The van der Waals surface area contributed by atoms with Crippen LogP contribution in [0, 0.1) is 0 Å². The summed E-state index contributed by atoms with van der Waals surface area (Å²) in [5, 5.41) is 3.39. The summed E-state index contributed by atoms with van der Waals surface area (Å²) in [7, 11) is 0. The summed E-state index contributed by atoms with van der Waals surface area (Å²) < 4.78 is 0. The fourth-order valence-electron chi connectivity index (χ4n) is 1.39. The van der Waals surface area contributed by atoms with Gasteiger partial charge < -0.3 is 5.32 Å². The molecule has 0 aromatic rings. The molecule has 8 heavy (non-hydrogen) atoms. The average molecular weight is 110 g/mol. The predicted molar refractivity (Wildman–Crippen MR) is 33.3 cm³/mol. The zero-order chi connectivity index (χ0) is 5.40. The van der Waals surface area contributed by atoms with E-state index >= 15 is 0 Å². The minimum Gasteiger partial charge on any atom is -0.308 e. The van der Waals surface area contributed by atoms with Crippen LogP contribution in [-0.4, -0.2) is 24.8 Å². The normalized spacial score (nSPS) is 35.0. The molecule has 0 spiro atoms. The summed E-state index contributed by atoms with van der Waals surface area (Å²) >= 11 is 0. The molecule has 2 aliphatic heterocycles. The van der Waals surface area contributed by atoms with Crippen molar-refractivity contribution < 1.29 is 0 Å². The van der Waals surface area contributed by atoms with E-state index in [0.717, 1.165) is 19.1 Å². The van der Waals surface area contributed by atoms with Gasteiger partial charge in [0.05, 0.1) is 0 Å². The highest BCUT2D eigenvalue weighted by atomic mass is 15.0.